The van der Waals surface area contributed by atoms with E-state index in [1.807, 2.05) is 0 Å². The third kappa shape index (κ3) is 1.93. The highest BCUT2D eigenvalue weighted by atomic mass is 16.2. The van der Waals surface area contributed by atoms with Crippen LogP contribution in [0.5, 0.6) is 0 Å². The minimum atomic E-state index is -0.764. The first-order valence-electron chi connectivity index (χ1n) is 5.22. The van der Waals surface area contributed by atoms with Crippen LogP contribution in [-0.2, 0) is 0 Å². The summed E-state index contributed by atoms with van der Waals surface area (Å²) in [7, 11) is 0. The van der Waals surface area contributed by atoms with Crippen molar-refractivity contribution in [3.8, 4) is 0 Å². The number of rotatable bonds is 2. The van der Waals surface area contributed by atoms with Gasteiger partial charge in [-0.15, -0.1) is 0 Å². The lowest BCUT2D eigenvalue weighted by molar-refractivity contribution is 0.0950. The Bertz CT molecular complexity index is 711. The summed E-state index contributed by atoms with van der Waals surface area (Å²) in [6.45, 7) is 3.45. The molecule has 0 aliphatic rings. The van der Waals surface area contributed by atoms with Crippen molar-refractivity contribution >= 4 is 12.0 Å². The Labute approximate surface area is 102 Å². The summed E-state index contributed by atoms with van der Waals surface area (Å²) >= 11 is 0. The quantitative estimate of drug-likeness (QED) is 0.849. The normalized spacial score (nSPS) is 10.0. The fourth-order valence-electron chi connectivity index (χ4n) is 1.53. The zero-order chi connectivity index (χ0) is 13.1. The van der Waals surface area contributed by atoms with Crippen LogP contribution in [0.1, 0.15) is 15.9 Å². The van der Waals surface area contributed by atoms with Crippen molar-refractivity contribution < 1.29 is 4.79 Å². The minimum absolute atomic E-state index is 0.166. The van der Waals surface area contributed by atoms with Gasteiger partial charge < -0.3 is 4.98 Å². The molecule has 0 saturated carbocycles. The van der Waals surface area contributed by atoms with Gasteiger partial charge in [-0.1, -0.05) is 30.9 Å². The molecular formula is C13H10N2O3. The van der Waals surface area contributed by atoms with Crippen LogP contribution in [0.25, 0.3) is 6.08 Å². The molecule has 18 heavy (non-hydrogen) atoms. The summed E-state index contributed by atoms with van der Waals surface area (Å²) in [6, 6.07) is 8.13. The molecule has 0 bridgehead atoms. The van der Waals surface area contributed by atoms with E-state index in [1.165, 1.54) is 24.4 Å². The molecular weight excluding hydrogens is 232 g/mol. The summed E-state index contributed by atoms with van der Waals surface area (Å²) < 4.78 is 0.562. The molecule has 90 valence electrons. The first-order valence-corrected chi connectivity index (χ1v) is 5.22. The zero-order valence-electron chi connectivity index (χ0n) is 9.42. The molecule has 1 aromatic carbocycles. The van der Waals surface area contributed by atoms with Crippen molar-refractivity contribution in [2.75, 3.05) is 0 Å². The van der Waals surface area contributed by atoms with Crippen molar-refractivity contribution in [3.63, 3.8) is 0 Å². The lowest BCUT2D eigenvalue weighted by Crippen LogP contribution is -2.40. The number of carbonyl (C=O) groups is 1. The highest BCUT2D eigenvalue weighted by Gasteiger charge is 2.14. The Hall–Kier alpha value is -2.69. The first kappa shape index (κ1) is 11.8. The molecule has 0 aliphatic carbocycles. The van der Waals surface area contributed by atoms with Crippen LogP contribution in [0.2, 0.25) is 0 Å². The number of H-pyrrole nitrogens is 1. The molecule has 5 nitrogen and oxygen atoms in total. The molecule has 1 N–H and O–H groups in total. The molecule has 0 saturated heterocycles. The van der Waals surface area contributed by atoms with Crippen molar-refractivity contribution in [1.82, 2.24) is 9.55 Å². The van der Waals surface area contributed by atoms with Crippen LogP contribution >= 0.6 is 0 Å². The Morgan fingerprint density at radius 2 is 1.89 bits per heavy atom. The predicted molar refractivity (Wildman–Crippen MR) is 67.6 cm³/mol. The van der Waals surface area contributed by atoms with E-state index in [0.29, 0.717) is 4.57 Å². The van der Waals surface area contributed by atoms with Crippen molar-refractivity contribution in [3.05, 3.63) is 75.1 Å². The third-order valence-corrected chi connectivity index (χ3v) is 2.45. The zero-order valence-corrected chi connectivity index (χ0v) is 9.42. The maximum absolute atomic E-state index is 12.1. The van der Waals surface area contributed by atoms with E-state index in [9.17, 15) is 14.4 Å². The molecule has 5 heteroatoms. The Balaban J connectivity index is 2.66. The summed E-state index contributed by atoms with van der Waals surface area (Å²) in [4.78, 5) is 37.9. The smallest absolute Gasteiger partial charge is 0.313 e. The Morgan fingerprint density at radius 1 is 1.22 bits per heavy atom. The number of aromatic amines is 1. The fourth-order valence-corrected chi connectivity index (χ4v) is 1.53. The van der Waals surface area contributed by atoms with Gasteiger partial charge >= 0.3 is 5.69 Å². The van der Waals surface area contributed by atoms with E-state index in [4.69, 9.17) is 0 Å². The van der Waals surface area contributed by atoms with Gasteiger partial charge in [0.1, 0.15) is 0 Å². The number of hydrogen-bond donors (Lipinski definition) is 1. The lowest BCUT2D eigenvalue weighted by atomic mass is 10.2. The van der Waals surface area contributed by atoms with Crippen molar-refractivity contribution in [2.24, 2.45) is 0 Å². The van der Waals surface area contributed by atoms with Crippen LogP contribution in [0, 0.1) is 0 Å². The molecule has 0 fully saturated rings. The third-order valence-electron chi connectivity index (χ3n) is 2.45. The number of carbonyl (C=O) groups excluding carboxylic acids is 1. The molecule has 1 heterocycles. The Kier molecular flexibility index (Phi) is 3.05. The number of benzene rings is 1. The van der Waals surface area contributed by atoms with Crippen molar-refractivity contribution in [1.29, 1.82) is 0 Å². The Morgan fingerprint density at radius 3 is 2.50 bits per heavy atom. The molecule has 0 aliphatic heterocycles. The number of nitrogens with one attached hydrogen (secondary N) is 1. The first-order chi connectivity index (χ1) is 8.65. The van der Waals surface area contributed by atoms with E-state index in [0.717, 1.165) is 0 Å². The van der Waals surface area contributed by atoms with Crippen LogP contribution in [-0.4, -0.2) is 15.5 Å². The molecule has 0 atom stereocenters. The second kappa shape index (κ2) is 4.67. The van der Waals surface area contributed by atoms with Gasteiger partial charge in [0.05, 0.1) is 5.56 Å². The van der Waals surface area contributed by atoms with Gasteiger partial charge in [0.25, 0.3) is 11.5 Å². The standard InChI is InChI=1S/C13H10N2O3/c1-2-9-8-14-13(18)15(11(9)16)12(17)10-6-4-3-5-7-10/h2-8H,1H2,(H,14,18). The maximum Gasteiger partial charge on any atom is 0.335 e. The maximum atomic E-state index is 12.1. The van der Waals surface area contributed by atoms with Gasteiger partial charge in [-0.2, -0.15) is 4.57 Å². The average Bonchev–Trinajstić information content (AvgIpc) is 2.40. The second-order valence-electron chi connectivity index (χ2n) is 3.57. The highest BCUT2D eigenvalue weighted by Crippen LogP contribution is 1.99. The van der Waals surface area contributed by atoms with E-state index < -0.39 is 17.2 Å². The summed E-state index contributed by atoms with van der Waals surface area (Å²) in [5.41, 5.74) is -1.01. The van der Waals surface area contributed by atoms with E-state index in [2.05, 4.69) is 11.6 Å². The fraction of sp³-hybridized carbons (Fsp3) is 0. The number of hydrogen-bond acceptors (Lipinski definition) is 3. The number of aromatic nitrogens is 2. The summed E-state index contributed by atoms with van der Waals surface area (Å²) in [6.07, 6.45) is 2.51. The van der Waals surface area contributed by atoms with Gasteiger partial charge in [0.15, 0.2) is 0 Å². The van der Waals surface area contributed by atoms with Crippen LogP contribution in [0.15, 0.2) is 52.7 Å². The summed E-state index contributed by atoms with van der Waals surface area (Å²) in [5, 5.41) is 0. The van der Waals surface area contributed by atoms with Gasteiger partial charge in [-0.25, -0.2) is 4.79 Å². The molecule has 2 rings (SSSR count). The van der Waals surface area contributed by atoms with Gasteiger partial charge in [0.2, 0.25) is 0 Å². The topological polar surface area (TPSA) is 71.9 Å². The SMILES string of the molecule is C=Cc1c[nH]c(=O)n(C(=O)c2ccccc2)c1=O. The van der Waals surface area contributed by atoms with Gasteiger partial charge in [-0.3, -0.25) is 9.59 Å². The molecule has 1 aromatic heterocycles. The minimum Gasteiger partial charge on any atom is -0.313 e. The monoisotopic (exact) mass is 242 g/mol. The van der Waals surface area contributed by atoms with Gasteiger partial charge in [0, 0.05) is 11.8 Å². The molecule has 0 radical (unpaired) electrons. The van der Waals surface area contributed by atoms with Gasteiger partial charge in [-0.05, 0) is 12.1 Å². The molecule has 0 amide bonds. The highest BCUT2D eigenvalue weighted by molar-refractivity contribution is 5.95. The van der Waals surface area contributed by atoms with Crippen LogP contribution in [0.3, 0.4) is 0 Å². The largest absolute Gasteiger partial charge is 0.335 e. The van der Waals surface area contributed by atoms with Crippen LogP contribution in [0.4, 0.5) is 0 Å². The van der Waals surface area contributed by atoms with E-state index in [-0.39, 0.29) is 11.1 Å². The second-order valence-corrected chi connectivity index (χ2v) is 3.57. The lowest BCUT2D eigenvalue weighted by Gasteiger charge is -2.03. The number of nitrogens with zero attached hydrogens (tertiary/aromatic N) is 1. The predicted octanol–water partition coefficient (Wildman–Crippen LogP) is 0.868. The van der Waals surface area contributed by atoms with E-state index >= 15 is 0 Å². The summed E-state index contributed by atoms with van der Waals surface area (Å²) in [5.74, 6) is -0.662. The van der Waals surface area contributed by atoms with Crippen molar-refractivity contribution in [2.45, 2.75) is 0 Å². The average molecular weight is 242 g/mol. The van der Waals surface area contributed by atoms with E-state index in [1.54, 1.807) is 18.2 Å². The molecule has 0 spiro atoms. The molecule has 0 unspecified atom stereocenters. The van der Waals surface area contributed by atoms with Crippen LogP contribution < -0.4 is 11.2 Å². The molecule has 2 aromatic rings.